The van der Waals surface area contributed by atoms with Crippen LogP contribution in [0.5, 0.6) is 0 Å². The van der Waals surface area contributed by atoms with Crippen LogP contribution in [0.3, 0.4) is 0 Å². The van der Waals surface area contributed by atoms with Crippen molar-refractivity contribution in [2.75, 3.05) is 17.9 Å². The minimum absolute atomic E-state index is 0.964. The summed E-state index contributed by atoms with van der Waals surface area (Å²) >= 11 is 3.44. The molecule has 3 N–H and O–H groups in total. The molecule has 4 heteroatoms. The van der Waals surface area contributed by atoms with Crippen LogP contribution in [0.15, 0.2) is 28.0 Å². The SMILES string of the molecule is CSc1cc(NN)cc(SC)c1. The number of hydrazine groups is 1. The van der Waals surface area contributed by atoms with Gasteiger partial charge in [-0.25, -0.2) is 0 Å². The largest absolute Gasteiger partial charge is 0.324 e. The number of nitrogens with one attached hydrogen (secondary N) is 1. The molecule has 0 heterocycles. The Balaban J connectivity index is 3.01. The van der Waals surface area contributed by atoms with Gasteiger partial charge in [0.05, 0.1) is 5.69 Å². The van der Waals surface area contributed by atoms with Gasteiger partial charge in [0.1, 0.15) is 0 Å². The third-order valence-corrected chi connectivity index (χ3v) is 2.93. The highest BCUT2D eigenvalue weighted by Gasteiger charge is 1.97. The van der Waals surface area contributed by atoms with Gasteiger partial charge >= 0.3 is 0 Å². The molecule has 0 atom stereocenters. The fourth-order valence-electron chi connectivity index (χ4n) is 0.891. The Morgan fingerprint density at radius 2 is 1.58 bits per heavy atom. The molecule has 0 aliphatic rings. The zero-order valence-electron chi connectivity index (χ0n) is 7.13. The number of anilines is 1. The van der Waals surface area contributed by atoms with Gasteiger partial charge < -0.3 is 5.43 Å². The average molecular weight is 200 g/mol. The molecule has 0 unspecified atom stereocenters. The average Bonchev–Trinajstić information content (AvgIpc) is 2.16. The Labute approximate surface area is 81.3 Å². The molecule has 1 aromatic rings. The van der Waals surface area contributed by atoms with E-state index in [0.29, 0.717) is 0 Å². The molecule has 0 aromatic heterocycles. The van der Waals surface area contributed by atoms with E-state index in [1.165, 1.54) is 9.79 Å². The Kier molecular flexibility index (Phi) is 3.78. The first-order valence-corrected chi connectivity index (χ1v) is 5.94. The van der Waals surface area contributed by atoms with Crippen molar-refractivity contribution in [2.45, 2.75) is 9.79 Å². The maximum atomic E-state index is 5.33. The van der Waals surface area contributed by atoms with Crippen LogP contribution < -0.4 is 11.3 Å². The predicted octanol–water partition coefficient (Wildman–Crippen LogP) is 2.42. The van der Waals surface area contributed by atoms with E-state index in [4.69, 9.17) is 5.84 Å². The molecule has 0 spiro atoms. The van der Waals surface area contributed by atoms with Crippen LogP contribution in [0.1, 0.15) is 0 Å². The monoisotopic (exact) mass is 200 g/mol. The van der Waals surface area contributed by atoms with Gasteiger partial charge in [0, 0.05) is 9.79 Å². The highest BCUT2D eigenvalue weighted by Crippen LogP contribution is 2.26. The number of hydrogen-bond donors (Lipinski definition) is 2. The van der Waals surface area contributed by atoms with Crippen LogP contribution in [0, 0.1) is 0 Å². The van der Waals surface area contributed by atoms with Crippen molar-refractivity contribution in [3.63, 3.8) is 0 Å². The van der Waals surface area contributed by atoms with Crippen molar-refractivity contribution >= 4 is 29.2 Å². The lowest BCUT2D eigenvalue weighted by Crippen LogP contribution is -2.06. The van der Waals surface area contributed by atoms with Crippen LogP contribution in [-0.2, 0) is 0 Å². The van der Waals surface area contributed by atoms with Crippen molar-refractivity contribution in [3.8, 4) is 0 Å². The molecule has 0 saturated heterocycles. The second kappa shape index (κ2) is 4.64. The summed E-state index contributed by atoms with van der Waals surface area (Å²) in [5.41, 5.74) is 3.61. The standard InChI is InChI=1S/C8H12N2S2/c1-11-7-3-6(10-9)4-8(5-7)12-2/h3-5,10H,9H2,1-2H3. The van der Waals surface area contributed by atoms with E-state index in [-0.39, 0.29) is 0 Å². The van der Waals surface area contributed by atoms with Gasteiger partial charge in [0.15, 0.2) is 0 Å². The number of nitrogen functional groups attached to an aromatic ring is 1. The molecule has 0 amide bonds. The fourth-order valence-corrected chi connectivity index (χ4v) is 1.94. The zero-order valence-corrected chi connectivity index (χ0v) is 8.76. The maximum Gasteiger partial charge on any atom is 0.0507 e. The predicted molar refractivity (Wildman–Crippen MR) is 57.8 cm³/mol. The normalized spacial score (nSPS) is 9.92. The van der Waals surface area contributed by atoms with Crippen molar-refractivity contribution in [1.82, 2.24) is 0 Å². The van der Waals surface area contributed by atoms with Gasteiger partial charge in [-0.05, 0) is 30.7 Å². The lowest BCUT2D eigenvalue weighted by atomic mass is 10.3. The molecule has 0 aliphatic heterocycles. The first-order valence-electron chi connectivity index (χ1n) is 3.50. The molecule has 1 rings (SSSR count). The summed E-state index contributed by atoms with van der Waals surface area (Å²) in [6, 6.07) is 6.21. The summed E-state index contributed by atoms with van der Waals surface area (Å²) < 4.78 is 0. The van der Waals surface area contributed by atoms with Crippen LogP contribution in [-0.4, -0.2) is 12.5 Å². The third kappa shape index (κ3) is 2.33. The lowest BCUT2D eigenvalue weighted by Gasteiger charge is -2.05. The summed E-state index contributed by atoms with van der Waals surface area (Å²) in [6.07, 6.45) is 4.11. The Morgan fingerprint density at radius 3 is 1.92 bits per heavy atom. The van der Waals surface area contributed by atoms with Crippen molar-refractivity contribution < 1.29 is 0 Å². The van der Waals surface area contributed by atoms with E-state index < -0.39 is 0 Å². The molecule has 0 aliphatic carbocycles. The van der Waals surface area contributed by atoms with E-state index in [1.807, 2.05) is 12.1 Å². The molecular weight excluding hydrogens is 188 g/mol. The topological polar surface area (TPSA) is 38.0 Å². The quantitative estimate of drug-likeness (QED) is 0.446. The van der Waals surface area contributed by atoms with Crippen LogP contribution in [0.25, 0.3) is 0 Å². The summed E-state index contributed by atoms with van der Waals surface area (Å²) in [4.78, 5) is 2.46. The van der Waals surface area contributed by atoms with Gasteiger partial charge in [0.25, 0.3) is 0 Å². The van der Waals surface area contributed by atoms with Crippen molar-refractivity contribution in [2.24, 2.45) is 5.84 Å². The molecule has 12 heavy (non-hydrogen) atoms. The minimum Gasteiger partial charge on any atom is -0.324 e. The number of benzene rings is 1. The first kappa shape index (κ1) is 9.77. The number of thioether (sulfide) groups is 2. The van der Waals surface area contributed by atoms with Crippen LogP contribution in [0.4, 0.5) is 5.69 Å². The highest BCUT2D eigenvalue weighted by atomic mass is 32.2. The third-order valence-electron chi connectivity index (χ3n) is 1.52. The molecule has 1 aromatic carbocycles. The smallest absolute Gasteiger partial charge is 0.0507 e. The van der Waals surface area contributed by atoms with Crippen LogP contribution in [0.2, 0.25) is 0 Å². The molecule has 0 fully saturated rings. The molecule has 2 nitrogen and oxygen atoms in total. The first-order chi connectivity index (χ1) is 5.80. The maximum absolute atomic E-state index is 5.33. The Morgan fingerprint density at radius 1 is 1.08 bits per heavy atom. The van der Waals surface area contributed by atoms with E-state index in [2.05, 4.69) is 24.0 Å². The van der Waals surface area contributed by atoms with Crippen molar-refractivity contribution in [3.05, 3.63) is 18.2 Å². The van der Waals surface area contributed by atoms with E-state index in [0.717, 1.165) is 5.69 Å². The van der Waals surface area contributed by atoms with Crippen molar-refractivity contribution in [1.29, 1.82) is 0 Å². The molecule has 0 saturated carbocycles. The van der Waals surface area contributed by atoms with Gasteiger partial charge in [0.2, 0.25) is 0 Å². The Hall–Kier alpha value is -0.320. The number of nitrogens with two attached hydrogens (primary N) is 1. The fraction of sp³-hybridized carbons (Fsp3) is 0.250. The lowest BCUT2D eigenvalue weighted by molar-refractivity contribution is 1.27. The Bertz CT molecular complexity index is 208. The van der Waals surface area contributed by atoms with E-state index in [1.54, 1.807) is 23.5 Å². The van der Waals surface area contributed by atoms with Gasteiger partial charge in [-0.3, -0.25) is 5.84 Å². The summed E-state index contributed by atoms with van der Waals surface area (Å²) in [7, 11) is 0. The van der Waals surface area contributed by atoms with Gasteiger partial charge in [-0.2, -0.15) is 0 Å². The molecular formula is C8H12N2S2. The molecule has 0 radical (unpaired) electrons. The highest BCUT2D eigenvalue weighted by molar-refractivity contribution is 7.99. The van der Waals surface area contributed by atoms with E-state index >= 15 is 0 Å². The molecule has 0 bridgehead atoms. The van der Waals surface area contributed by atoms with Crippen LogP contribution >= 0.6 is 23.5 Å². The second-order valence-corrected chi connectivity index (χ2v) is 4.00. The second-order valence-electron chi connectivity index (χ2n) is 2.25. The van der Waals surface area contributed by atoms with Gasteiger partial charge in [-0.15, -0.1) is 23.5 Å². The number of rotatable bonds is 3. The molecule has 66 valence electrons. The summed E-state index contributed by atoms with van der Waals surface area (Å²) in [5, 5.41) is 0. The van der Waals surface area contributed by atoms with E-state index in [9.17, 15) is 0 Å². The summed E-state index contributed by atoms with van der Waals surface area (Å²) in [6.45, 7) is 0. The van der Waals surface area contributed by atoms with Gasteiger partial charge in [-0.1, -0.05) is 0 Å². The summed E-state index contributed by atoms with van der Waals surface area (Å²) in [5.74, 6) is 5.33. The number of hydrogen-bond acceptors (Lipinski definition) is 4. The zero-order chi connectivity index (χ0) is 8.97. The minimum atomic E-state index is 0.964.